The molecular weight excluding hydrogens is 600 g/mol. The Morgan fingerprint density at radius 2 is 1.06 bits per heavy atom. The lowest BCUT2D eigenvalue weighted by Crippen LogP contribution is -2.44. The van der Waals surface area contributed by atoms with Crippen LogP contribution in [-0.4, -0.2) is 32.0 Å². The van der Waals surface area contributed by atoms with Crippen LogP contribution < -0.4 is 21.1 Å². The molecule has 0 spiro atoms. The van der Waals surface area contributed by atoms with E-state index in [1.165, 1.54) is 34.7 Å². The van der Waals surface area contributed by atoms with Gasteiger partial charge in [-0.1, -0.05) is 55.4 Å². The summed E-state index contributed by atoms with van der Waals surface area (Å²) in [6, 6.07) is 7.79. The van der Waals surface area contributed by atoms with Gasteiger partial charge in [0, 0.05) is 59.5 Å². The molecule has 8 rings (SSSR count). The van der Waals surface area contributed by atoms with Crippen LogP contribution in [0.1, 0.15) is 119 Å². The van der Waals surface area contributed by atoms with Gasteiger partial charge in [-0.25, -0.2) is 9.59 Å². The summed E-state index contributed by atoms with van der Waals surface area (Å²) in [6.07, 6.45) is 6.79. The second-order valence-corrected chi connectivity index (χ2v) is 17.3. The zero-order valence-corrected chi connectivity index (χ0v) is 29.6. The first-order valence-electron chi connectivity index (χ1n) is 17.5. The van der Waals surface area contributed by atoms with E-state index in [1.807, 2.05) is 6.07 Å². The average molecular weight is 647 g/mol. The highest BCUT2D eigenvalue weighted by Crippen LogP contribution is 2.53. The minimum absolute atomic E-state index is 0.0190. The fourth-order valence-electron chi connectivity index (χ4n) is 8.86. The van der Waals surface area contributed by atoms with Crippen LogP contribution in [0.25, 0.3) is 28.0 Å². The van der Waals surface area contributed by atoms with E-state index in [-0.39, 0.29) is 32.8 Å². The number of carbonyl (C=O) groups excluding carboxylic acids is 1. The largest absolute Gasteiger partial charge is 0.422 e. The Kier molecular flexibility index (Phi) is 6.46. The lowest BCUT2D eigenvalue weighted by molar-refractivity contribution is 0.104. The SMILES string of the molecule is CC1(C)CCN2CCC(C)(C)c3c2c1cc1cc(/C=C/C(=O)c2cc4cc5c6c(c4oc2=O)C(C)(C)CCN6CCC5(C)C)c(=O)oc31. The third-order valence-electron chi connectivity index (χ3n) is 12.2. The molecule has 0 atom stereocenters. The summed E-state index contributed by atoms with van der Waals surface area (Å²) in [4.78, 5) is 45.4. The first-order chi connectivity index (χ1) is 22.5. The Balaban J connectivity index is 1.22. The number of benzene rings is 2. The zero-order chi connectivity index (χ0) is 34.1. The highest BCUT2D eigenvalue weighted by atomic mass is 16.4. The van der Waals surface area contributed by atoms with E-state index < -0.39 is 17.0 Å². The van der Waals surface area contributed by atoms with E-state index in [2.05, 4.69) is 77.3 Å². The molecule has 0 unspecified atom stereocenters. The standard InChI is InChI=1S/C41H46N2O5/c1-38(2)11-15-42-17-13-40(5,6)30-32(42)27(38)21-24-19-23(36(45)47-34(24)30)9-10-29(44)26-20-25-22-28-33-31(35(25)48-37(26)46)41(7,8)14-18-43(33)16-12-39(28,3)4/h9-10,19-22H,11-18H2,1-8H3/b10-9+. The smallest absolute Gasteiger partial charge is 0.347 e. The van der Waals surface area contributed by atoms with Crippen molar-refractivity contribution in [3.8, 4) is 0 Å². The molecule has 6 heterocycles. The third kappa shape index (κ3) is 4.49. The molecule has 7 nitrogen and oxygen atoms in total. The Morgan fingerprint density at radius 3 is 1.56 bits per heavy atom. The molecule has 48 heavy (non-hydrogen) atoms. The van der Waals surface area contributed by atoms with Crippen molar-refractivity contribution in [3.63, 3.8) is 0 Å². The van der Waals surface area contributed by atoms with E-state index in [0.29, 0.717) is 11.2 Å². The van der Waals surface area contributed by atoms with E-state index in [4.69, 9.17) is 8.83 Å². The summed E-state index contributed by atoms with van der Waals surface area (Å²) < 4.78 is 12.1. The van der Waals surface area contributed by atoms with Crippen LogP contribution in [0.15, 0.2) is 48.8 Å². The maximum atomic E-state index is 13.6. The molecule has 0 saturated carbocycles. The summed E-state index contributed by atoms with van der Waals surface area (Å²) in [7, 11) is 0. The number of ketones is 1. The normalized spacial score (nSPS) is 21.4. The number of carbonyl (C=O) groups is 1. The van der Waals surface area contributed by atoms with Crippen LogP contribution in [0.5, 0.6) is 0 Å². The van der Waals surface area contributed by atoms with E-state index in [1.54, 1.807) is 6.07 Å². The van der Waals surface area contributed by atoms with Crippen LogP contribution in [0.3, 0.4) is 0 Å². The number of nitrogens with zero attached hydrogens (tertiary/aromatic N) is 2. The molecule has 0 aliphatic carbocycles. The highest BCUT2D eigenvalue weighted by molar-refractivity contribution is 6.08. The van der Waals surface area contributed by atoms with Gasteiger partial charge in [-0.15, -0.1) is 0 Å². The Labute approximate surface area is 281 Å². The minimum Gasteiger partial charge on any atom is -0.422 e. The first-order valence-corrected chi connectivity index (χ1v) is 17.5. The van der Waals surface area contributed by atoms with Crippen molar-refractivity contribution in [1.29, 1.82) is 0 Å². The summed E-state index contributed by atoms with van der Waals surface area (Å²) in [5.41, 5.74) is 6.92. The number of hydrogen-bond acceptors (Lipinski definition) is 7. The molecule has 7 heteroatoms. The molecule has 4 aliphatic rings. The molecular formula is C41H46N2O5. The number of allylic oxidation sites excluding steroid dienone is 1. The fourth-order valence-corrected chi connectivity index (χ4v) is 8.86. The van der Waals surface area contributed by atoms with Crippen LogP contribution in [-0.2, 0) is 21.7 Å². The van der Waals surface area contributed by atoms with Crippen molar-refractivity contribution in [1.82, 2.24) is 0 Å². The Bertz CT molecular complexity index is 2220. The first kappa shape index (κ1) is 31.2. The molecule has 4 aromatic rings. The lowest BCUT2D eigenvalue weighted by Gasteiger charge is -2.48. The fraction of sp³-hybridized carbons (Fsp3) is 0.488. The number of anilines is 2. The zero-order valence-electron chi connectivity index (χ0n) is 29.6. The maximum absolute atomic E-state index is 13.6. The molecule has 2 aromatic heterocycles. The molecule has 4 aliphatic heterocycles. The molecule has 0 amide bonds. The molecule has 250 valence electrons. The van der Waals surface area contributed by atoms with Gasteiger partial charge in [0.15, 0.2) is 5.78 Å². The monoisotopic (exact) mass is 646 g/mol. The summed E-state index contributed by atoms with van der Waals surface area (Å²) in [5, 5.41) is 1.61. The molecule has 0 bridgehead atoms. The molecule has 0 radical (unpaired) electrons. The van der Waals surface area contributed by atoms with Crippen LogP contribution in [0.4, 0.5) is 11.4 Å². The maximum Gasteiger partial charge on any atom is 0.347 e. The average Bonchev–Trinajstić information content (AvgIpc) is 3.00. The minimum atomic E-state index is -0.665. The van der Waals surface area contributed by atoms with Gasteiger partial charge in [-0.2, -0.15) is 0 Å². The van der Waals surface area contributed by atoms with Gasteiger partial charge in [-0.3, -0.25) is 4.79 Å². The predicted molar refractivity (Wildman–Crippen MR) is 193 cm³/mol. The van der Waals surface area contributed by atoms with Crippen LogP contribution in [0.2, 0.25) is 0 Å². The topological polar surface area (TPSA) is 84.0 Å². The van der Waals surface area contributed by atoms with Gasteiger partial charge in [0.25, 0.3) is 0 Å². The second-order valence-electron chi connectivity index (χ2n) is 17.3. The van der Waals surface area contributed by atoms with E-state index in [9.17, 15) is 14.4 Å². The van der Waals surface area contributed by atoms with Gasteiger partial charge in [0.05, 0.1) is 5.56 Å². The van der Waals surface area contributed by atoms with Gasteiger partial charge in [0.1, 0.15) is 16.7 Å². The number of hydrogen-bond donors (Lipinski definition) is 0. The van der Waals surface area contributed by atoms with E-state index >= 15 is 0 Å². The summed E-state index contributed by atoms with van der Waals surface area (Å²) >= 11 is 0. The van der Waals surface area contributed by atoms with Crippen molar-refractivity contribution in [3.05, 3.63) is 84.6 Å². The lowest BCUT2D eigenvalue weighted by atomic mass is 9.69. The van der Waals surface area contributed by atoms with Gasteiger partial charge in [-0.05, 0) is 94.9 Å². The molecule has 0 N–H and O–H groups in total. The highest BCUT2D eigenvalue weighted by Gasteiger charge is 2.43. The summed E-state index contributed by atoms with van der Waals surface area (Å²) in [6.45, 7) is 21.9. The van der Waals surface area contributed by atoms with Crippen molar-refractivity contribution in [2.75, 3.05) is 36.0 Å². The van der Waals surface area contributed by atoms with E-state index in [0.717, 1.165) is 73.8 Å². The van der Waals surface area contributed by atoms with Gasteiger partial charge >= 0.3 is 11.3 Å². The third-order valence-corrected chi connectivity index (χ3v) is 12.2. The number of fused-ring (bicyclic) bond motifs is 4. The van der Waals surface area contributed by atoms with Crippen molar-refractivity contribution >= 4 is 45.2 Å². The predicted octanol–water partition coefficient (Wildman–Crippen LogP) is 8.13. The Morgan fingerprint density at radius 1 is 0.625 bits per heavy atom. The molecule has 0 saturated heterocycles. The van der Waals surface area contributed by atoms with Crippen molar-refractivity contribution < 1.29 is 13.6 Å². The van der Waals surface area contributed by atoms with Gasteiger partial charge < -0.3 is 18.6 Å². The molecule has 2 aromatic carbocycles. The van der Waals surface area contributed by atoms with Crippen molar-refractivity contribution in [2.45, 2.75) is 103 Å². The molecule has 0 fully saturated rings. The summed E-state index contributed by atoms with van der Waals surface area (Å²) in [5.74, 6) is -0.505. The van der Waals surface area contributed by atoms with Crippen molar-refractivity contribution in [2.24, 2.45) is 0 Å². The van der Waals surface area contributed by atoms with Gasteiger partial charge in [0.2, 0.25) is 0 Å². The second kappa shape index (κ2) is 9.96. The van der Waals surface area contributed by atoms with Crippen LogP contribution in [0, 0.1) is 0 Å². The van der Waals surface area contributed by atoms with Crippen LogP contribution >= 0.6 is 0 Å². The number of rotatable bonds is 3. The Hall–Kier alpha value is -4.13. The quantitative estimate of drug-likeness (QED) is 0.126.